The molecule has 0 unspecified atom stereocenters. The van der Waals surface area contributed by atoms with Gasteiger partial charge in [0.05, 0.1) is 26.5 Å². The largest absolute Gasteiger partial charge is 0.488 e. The molecule has 0 atom stereocenters. The van der Waals surface area contributed by atoms with Gasteiger partial charge in [-0.15, -0.1) is 0 Å². The van der Waals surface area contributed by atoms with Crippen LogP contribution in [0.25, 0.3) is 0 Å². The molecule has 0 aliphatic carbocycles. The molecule has 0 N–H and O–H groups in total. The lowest BCUT2D eigenvalue weighted by Gasteiger charge is -2.15. The highest BCUT2D eigenvalue weighted by Gasteiger charge is 2.12. The molecule has 8 heteroatoms. The van der Waals surface area contributed by atoms with E-state index in [2.05, 4.69) is 9.97 Å². The molecule has 0 amide bonds. The van der Waals surface area contributed by atoms with Gasteiger partial charge in [0.15, 0.2) is 11.5 Å². The van der Waals surface area contributed by atoms with Crippen LogP contribution in [-0.4, -0.2) is 35.4 Å². The van der Waals surface area contributed by atoms with E-state index in [9.17, 15) is 4.79 Å². The van der Waals surface area contributed by atoms with E-state index in [4.69, 9.17) is 18.9 Å². The maximum atomic E-state index is 11.9. The second-order valence-corrected chi connectivity index (χ2v) is 7.08. The normalized spacial score (nSPS) is 10.6. The van der Waals surface area contributed by atoms with Crippen molar-refractivity contribution < 1.29 is 18.9 Å². The molecular weight excluding hydrogens is 398 g/mol. The molecule has 0 bridgehead atoms. The maximum absolute atomic E-state index is 11.9. The Kier molecular flexibility index (Phi) is 7.12. The number of aromatic nitrogens is 3. The molecule has 0 radical (unpaired) electrons. The van der Waals surface area contributed by atoms with Crippen LogP contribution >= 0.6 is 0 Å². The van der Waals surface area contributed by atoms with Gasteiger partial charge >= 0.3 is 0 Å². The summed E-state index contributed by atoms with van der Waals surface area (Å²) in [4.78, 5) is 20.6. The predicted octanol–water partition coefficient (Wildman–Crippen LogP) is 3.01. The quantitative estimate of drug-likeness (QED) is 0.521. The van der Waals surface area contributed by atoms with Gasteiger partial charge in [0, 0.05) is 31.4 Å². The van der Waals surface area contributed by atoms with Gasteiger partial charge in [-0.2, -0.15) is 0 Å². The molecule has 3 rings (SSSR count). The van der Waals surface area contributed by atoms with Crippen molar-refractivity contribution in [2.75, 3.05) is 20.8 Å². The summed E-state index contributed by atoms with van der Waals surface area (Å²) in [6, 6.07) is 8.89. The number of ether oxygens (including phenoxy) is 4. The van der Waals surface area contributed by atoms with Crippen molar-refractivity contribution in [3.8, 4) is 23.3 Å². The van der Waals surface area contributed by atoms with Gasteiger partial charge in [-0.05, 0) is 43.2 Å². The maximum Gasteiger partial charge on any atom is 0.256 e. The smallest absolute Gasteiger partial charge is 0.256 e. The van der Waals surface area contributed by atoms with Crippen molar-refractivity contribution in [3.63, 3.8) is 0 Å². The second-order valence-electron chi connectivity index (χ2n) is 7.08. The lowest BCUT2D eigenvalue weighted by atomic mass is 10.2. The van der Waals surface area contributed by atoms with Crippen molar-refractivity contribution >= 4 is 0 Å². The Morgan fingerprint density at radius 3 is 2.48 bits per heavy atom. The molecule has 0 aliphatic heterocycles. The Morgan fingerprint density at radius 2 is 1.74 bits per heavy atom. The van der Waals surface area contributed by atoms with Gasteiger partial charge in [-0.3, -0.25) is 4.79 Å². The minimum atomic E-state index is -0.0786. The van der Waals surface area contributed by atoms with Gasteiger partial charge in [0.25, 0.3) is 17.3 Å². The van der Waals surface area contributed by atoms with Gasteiger partial charge < -0.3 is 23.5 Å². The molecular formula is C23H27N3O5. The number of nitrogens with zero attached hydrogens (tertiary/aromatic N) is 3. The SMILES string of the molecule is COc1ncc(C)cc1OCCc1ccc(OCc2c(C)ccc(=O)n2C)c(OC)n1. The Hall–Kier alpha value is -3.55. The average molecular weight is 425 g/mol. The topological polar surface area (TPSA) is 84.7 Å². The number of rotatable bonds is 9. The Bertz CT molecular complexity index is 1110. The summed E-state index contributed by atoms with van der Waals surface area (Å²) in [5, 5.41) is 0. The molecule has 3 aromatic rings. The van der Waals surface area contributed by atoms with Crippen LogP contribution in [0.3, 0.4) is 0 Å². The Labute approximate surface area is 181 Å². The van der Waals surface area contributed by atoms with Crippen LogP contribution in [0.2, 0.25) is 0 Å². The molecule has 3 aromatic heterocycles. The van der Waals surface area contributed by atoms with Gasteiger partial charge in [-0.25, -0.2) is 9.97 Å². The fourth-order valence-electron chi connectivity index (χ4n) is 3.07. The Morgan fingerprint density at radius 1 is 0.968 bits per heavy atom. The zero-order valence-electron chi connectivity index (χ0n) is 18.5. The highest BCUT2D eigenvalue weighted by molar-refractivity contribution is 5.37. The molecule has 0 aliphatic rings. The van der Waals surface area contributed by atoms with Crippen LogP contribution in [0.1, 0.15) is 22.5 Å². The van der Waals surface area contributed by atoms with Crippen molar-refractivity contribution in [2.45, 2.75) is 26.9 Å². The first kappa shape index (κ1) is 22.1. The minimum Gasteiger partial charge on any atom is -0.488 e. The van der Waals surface area contributed by atoms with Crippen molar-refractivity contribution in [1.29, 1.82) is 0 Å². The molecule has 0 spiro atoms. The third kappa shape index (κ3) is 5.33. The van der Waals surface area contributed by atoms with E-state index in [1.54, 1.807) is 44.2 Å². The van der Waals surface area contributed by atoms with Crippen molar-refractivity contribution in [3.05, 3.63) is 69.4 Å². The summed E-state index contributed by atoms with van der Waals surface area (Å²) < 4.78 is 23.9. The third-order valence-corrected chi connectivity index (χ3v) is 4.87. The van der Waals surface area contributed by atoms with Crippen LogP contribution < -0.4 is 24.5 Å². The summed E-state index contributed by atoms with van der Waals surface area (Å²) in [7, 11) is 4.83. The number of aryl methyl sites for hydroxylation is 2. The summed E-state index contributed by atoms with van der Waals surface area (Å²) in [5.74, 6) is 1.93. The first-order chi connectivity index (χ1) is 14.9. The van der Waals surface area contributed by atoms with Gasteiger partial charge in [-0.1, -0.05) is 6.07 Å². The zero-order chi connectivity index (χ0) is 22.4. The van der Waals surface area contributed by atoms with Crippen LogP contribution in [0.15, 0.2) is 41.3 Å². The lowest BCUT2D eigenvalue weighted by Crippen LogP contribution is -2.21. The first-order valence-electron chi connectivity index (χ1n) is 9.88. The van der Waals surface area contributed by atoms with E-state index in [1.165, 1.54) is 0 Å². The monoisotopic (exact) mass is 425 g/mol. The molecule has 0 fully saturated rings. The molecule has 0 aromatic carbocycles. The third-order valence-electron chi connectivity index (χ3n) is 4.87. The first-order valence-corrected chi connectivity index (χ1v) is 9.88. The molecule has 164 valence electrons. The van der Waals surface area contributed by atoms with Crippen molar-refractivity contribution in [2.24, 2.45) is 7.05 Å². The minimum absolute atomic E-state index is 0.0786. The fourth-order valence-corrected chi connectivity index (χ4v) is 3.07. The van der Waals surface area contributed by atoms with E-state index in [1.807, 2.05) is 32.0 Å². The predicted molar refractivity (Wildman–Crippen MR) is 116 cm³/mol. The standard InChI is InChI=1S/C23H27N3O5/c1-15-12-20(22(28-4)24-13-15)30-11-10-17-7-8-19(23(25-17)29-5)31-14-18-16(2)6-9-21(27)26(18)3/h6-9,12-13H,10-11,14H2,1-5H3. The molecule has 0 saturated heterocycles. The van der Waals surface area contributed by atoms with Gasteiger partial charge in [0.1, 0.15) is 6.61 Å². The average Bonchev–Trinajstić information content (AvgIpc) is 2.77. The zero-order valence-corrected chi connectivity index (χ0v) is 18.5. The summed E-state index contributed by atoms with van der Waals surface area (Å²) in [6.45, 7) is 4.52. The fraction of sp³-hybridized carbons (Fsp3) is 0.348. The second kappa shape index (κ2) is 9.97. The highest BCUT2D eigenvalue weighted by atomic mass is 16.5. The number of hydrogen-bond acceptors (Lipinski definition) is 7. The summed E-state index contributed by atoms with van der Waals surface area (Å²) >= 11 is 0. The van der Waals surface area contributed by atoms with E-state index in [0.29, 0.717) is 36.3 Å². The van der Waals surface area contributed by atoms with Crippen LogP contribution in [0.5, 0.6) is 23.3 Å². The molecule has 8 nitrogen and oxygen atoms in total. The number of methoxy groups -OCH3 is 2. The van der Waals surface area contributed by atoms with E-state index >= 15 is 0 Å². The lowest BCUT2D eigenvalue weighted by molar-refractivity contribution is 0.268. The van der Waals surface area contributed by atoms with Crippen LogP contribution in [-0.2, 0) is 20.1 Å². The van der Waals surface area contributed by atoms with E-state index < -0.39 is 0 Å². The van der Waals surface area contributed by atoms with Gasteiger partial charge in [0.2, 0.25) is 0 Å². The number of pyridine rings is 3. The molecule has 31 heavy (non-hydrogen) atoms. The van der Waals surface area contributed by atoms with Crippen LogP contribution in [0.4, 0.5) is 0 Å². The molecule has 3 heterocycles. The highest BCUT2D eigenvalue weighted by Crippen LogP contribution is 2.27. The van der Waals surface area contributed by atoms with Crippen LogP contribution in [0, 0.1) is 13.8 Å². The summed E-state index contributed by atoms with van der Waals surface area (Å²) in [5.41, 5.74) is 3.48. The summed E-state index contributed by atoms with van der Waals surface area (Å²) in [6.07, 6.45) is 2.30. The Balaban J connectivity index is 1.66. The molecule has 0 saturated carbocycles. The number of hydrogen-bond donors (Lipinski definition) is 0. The van der Waals surface area contributed by atoms with E-state index in [0.717, 1.165) is 22.5 Å². The van der Waals surface area contributed by atoms with Crippen molar-refractivity contribution in [1.82, 2.24) is 14.5 Å². The van der Waals surface area contributed by atoms with E-state index in [-0.39, 0.29) is 12.2 Å².